The molecule has 0 radical (unpaired) electrons. The number of anilines is 1. The zero-order valence-electron chi connectivity index (χ0n) is 13.5. The summed E-state index contributed by atoms with van der Waals surface area (Å²) in [5.41, 5.74) is 0.739. The van der Waals surface area contributed by atoms with Gasteiger partial charge in [0.2, 0.25) is 0 Å². The number of ether oxygens (including phenoxy) is 1. The number of carbonyl (C=O) groups is 2. The number of aliphatic hydroxyl groups excluding tert-OH is 1. The zero-order chi connectivity index (χ0) is 17.6. The van der Waals surface area contributed by atoms with Crippen molar-refractivity contribution in [1.82, 2.24) is 14.7 Å². The summed E-state index contributed by atoms with van der Waals surface area (Å²) in [7, 11) is 0. The smallest absolute Gasteiger partial charge is 0.277 e. The summed E-state index contributed by atoms with van der Waals surface area (Å²) in [5, 5.41) is 16.0. The Hall–Kier alpha value is -3.13. The van der Waals surface area contributed by atoms with Crippen LogP contribution in [0.2, 0.25) is 0 Å². The molecule has 0 spiro atoms. The average Bonchev–Trinajstić information content (AvgIpc) is 3.21. The minimum Gasteiger partial charge on any atom is -0.489 e. The maximum absolute atomic E-state index is 12.2. The molecule has 2 heterocycles. The van der Waals surface area contributed by atoms with Crippen molar-refractivity contribution in [3.05, 3.63) is 54.5 Å². The largest absolute Gasteiger partial charge is 0.489 e. The molecule has 1 aromatic carbocycles. The average molecular weight is 342 g/mol. The van der Waals surface area contributed by atoms with E-state index in [0.717, 1.165) is 4.90 Å². The fourth-order valence-corrected chi connectivity index (χ4v) is 2.43. The Kier molecular flexibility index (Phi) is 5.10. The van der Waals surface area contributed by atoms with Gasteiger partial charge in [0.05, 0.1) is 25.4 Å². The van der Waals surface area contributed by atoms with Crippen LogP contribution in [-0.2, 0) is 16.1 Å². The molecule has 0 saturated heterocycles. The number of nitrogens with zero attached hydrogens (tertiary/aromatic N) is 3. The first kappa shape index (κ1) is 16.7. The van der Waals surface area contributed by atoms with Crippen molar-refractivity contribution >= 4 is 17.5 Å². The van der Waals surface area contributed by atoms with E-state index in [1.165, 1.54) is 6.08 Å². The van der Waals surface area contributed by atoms with Gasteiger partial charge in [-0.15, -0.1) is 0 Å². The van der Waals surface area contributed by atoms with Crippen LogP contribution in [0.4, 0.5) is 5.69 Å². The molecule has 0 saturated carbocycles. The molecule has 1 aliphatic heterocycles. The van der Waals surface area contributed by atoms with Crippen LogP contribution in [0.25, 0.3) is 0 Å². The quantitative estimate of drug-likeness (QED) is 0.683. The summed E-state index contributed by atoms with van der Waals surface area (Å²) in [4.78, 5) is 25.0. The van der Waals surface area contributed by atoms with Gasteiger partial charge >= 0.3 is 0 Å². The van der Waals surface area contributed by atoms with Crippen LogP contribution < -0.4 is 10.1 Å². The number of aliphatic hydroxyl groups is 1. The molecule has 0 aliphatic carbocycles. The number of aromatic nitrogens is 2. The standard InChI is InChI=1S/C17H18N4O4/c22-10-8-21-16(23)12-14(17(21)24)19-13-4-1-2-5-15(13)25-11-9-20-7-3-6-18-20/h1-7,12,19,22H,8-11H2. The third-order valence-electron chi connectivity index (χ3n) is 3.63. The van der Waals surface area contributed by atoms with Crippen molar-refractivity contribution in [2.75, 3.05) is 25.1 Å². The van der Waals surface area contributed by atoms with Gasteiger partial charge in [0, 0.05) is 18.5 Å². The highest BCUT2D eigenvalue weighted by molar-refractivity contribution is 6.17. The predicted molar refractivity (Wildman–Crippen MR) is 89.7 cm³/mol. The van der Waals surface area contributed by atoms with Crippen LogP contribution in [0, 0.1) is 0 Å². The molecule has 8 heteroatoms. The first-order valence-electron chi connectivity index (χ1n) is 7.83. The lowest BCUT2D eigenvalue weighted by Crippen LogP contribution is -2.34. The molecule has 25 heavy (non-hydrogen) atoms. The van der Waals surface area contributed by atoms with E-state index in [4.69, 9.17) is 9.84 Å². The predicted octanol–water partition coefficient (Wildman–Crippen LogP) is 0.619. The summed E-state index contributed by atoms with van der Waals surface area (Å²) in [6, 6.07) is 9.00. The van der Waals surface area contributed by atoms with Gasteiger partial charge < -0.3 is 15.2 Å². The van der Waals surface area contributed by atoms with Gasteiger partial charge in [-0.2, -0.15) is 5.10 Å². The topological polar surface area (TPSA) is 96.7 Å². The highest BCUT2D eigenvalue weighted by atomic mass is 16.5. The zero-order valence-corrected chi connectivity index (χ0v) is 13.5. The number of imide groups is 1. The number of amides is 2. The van der Waals surface area contributed by atoms with Gasteiger partial charge in [0.15, 0.2) is 0 Å². The summed E-state index contributed by atoms with van der Waals surface area (Å²) in [6.07, 6.45) is 4.76. The number of benzene rings is 1. The van der Waals surface area contributed by atoms with Crippen LogP contribution in [0.15, 0.2) is 54.5 Å². The Morgan fingerprint density at radius 3 is 2.76 bits per heavy atom. The first-order valence-corrected chi connectivity index (χ1v) is 7.83. The van der Waals surface area contributed by atoms with E-state index < -0.39 is 11.8 Å². The first-order chi connectivity index (χ1) is 12.2. The number of hydrogen-bond acceptors (Lipinski definition) is 6. The Balaban J connectivity index is 1.66. The van der Waals surface area contributed by atoms with Crippen molar-refractivity contribution in [3.8, 4) is 5.75 Å². The van der Waals surface area contributed by atoms with Gasteiger partial charge in [-0.05, 0) is 18.2 Å². The molecule has 0 bridgehead atoms. The number of rotatable bonds is 8. The molecule has 8 nitrogen and oxygen atoms in total. The van der Waals surface area contributed by atoms with Crippen molar-refractivity contribution < 1.29 is 19.4 Å². The molecule has 2 aromatic rings. The minimum absolute atomic E-state index is 0.0264. The number of carbonyl (C=O) groups excluding carboxylic acids is 2. The van der Waals surface area contributed by atoms with Gasteiger partial charge in [-0.25, -0.2) is 0 Å². The van der Waals surface area contributed by atoms with Crippen LogP contribution in [-0.4, -0.2) is 51.4 Å². The van der Waals surface area contributed by atoms with E-state index in [1.807, 2.05) is 18.3 Å². The Bertz CT molecular complexity index is 786. The van der Waals surface area contributed by atoms with Crippen molar-refractivity contribution in [1.29, 1.82) is 0 Å². The lowest BCUT2D eigenvalue weighted by molar-refractivity contribution is -0.137. The van der Waals surface area contributed by atoms with Crippen LogP contribution in [0.3, 0.4) is 0 Å². The van der Waals surface area contributed by atoms with E-state index in [1.54, 1.807) is 29.1 Å². The van der Waals surface area contributed by atoms with E-state index in [9.17, 15) is 9.59 Å². The third-order valence-corrected chi connectivity index (χ3v) is 3.63. The highest BCUT2D eigenvalue weighted by Crippen LogP contribution is 2.26. The number of para-hydroxylation sites is 2. The SMILES string of the molecule is O=C1C=C(Nc2ccccc2OCCn2cccn2)C(=O)N1CCO. The maximum Gasteiger partial charge on any atom is 0.277 e. The van der Waals surface area contributed by atoms with Crippen LogP contribution in [0.1, 0.15) is 0 Å². The molecule has 2 amide bonds. The molecule has 2 N–H and O–H groups in total. The fraction of sp³-hybridized carbons (Fsp3) is 0.235. The molecule has 1 aliphatic rings. The summed E-state index contributed by atoms with van der Waals surface area (Å²) < 4.78 is 7.51. The summed E-state index contributed by atoms with van der Waals surface area (Å²) in [6.45, 7) is 0.696. The maximum atomic E-state index is 12.2. The Morgan fingerprint density at radius 1 is 1.16 bits per heavy atom. The summed E-state index contributed by atoms with van der Waals surface area (Å²) in [5.74, 6) is -0.347. The molecular weight excluding hydrogens is 324 g/mol. The van der Waals surface area contributed by atoms with Crippen LogP contribution >= 0.6 is 0 Å². The van der Waals surface area contributed by atoms with Crippen molar-refractivity contribution in [3.63, 3.8) is 0 Å². The third kappa shape index (κ3) is 3.86. The van der Waals surface area contributed by atoms with E-state index >= 15 is 0 Å². The molecular formula is C17H18N4O4. The highest BCUT2D eigenvalue weighted by Gasteiger charge is 2.30. The molecule has 0 atom stereocenters. The number of hydrogen-bond donors (Lipinski definition) is 2. The Morgan fingerprint density at radius 2 is 2.00 bits per heavy atom. The molecule has 0 fully saturated rings. The molecule has 3 rings (SSSR count). The lowest BCUT2D eigenvalue weighted by Gasteiger charge is -2.15. The monoisotopic (exact) mass is 342 g/mol. The van der Waals surface area contributed by atoms with Crippen molar-refractivity contribution in [2.24, 2.45) is 0 Å². The molecule has 0 unspecified atom stereocenters. The van der Waals surface area contributed by atoms with Gasteiger partial charge in [0.1, 0.15) is 18.1 Å². The normalized spacial score (nSPS) is 14.0. The summed E-state index contributed by atoms with van der Waals surface area (Å²) >= 11 is 0. The van der Waals surface area contributed by atoms with Crippen molar-refractivity contribution in [2.45, 2.75) is 6.54 Å². The second-order valence-corrected chi connectivity index (χ2v) is 5.32. The second-order valence-electron chi connectivity index (χ2n) is 5.32. The van der Waals surface area contributed by atoms with Gasteiger partial charge in [-0.3, -0.25) is 19.2 Å². The van der Waals surface area contributed by atoms with E-state index in [-0.39, 0.29) is 18.8 Å². The number of β-amino-alcohol motifs (C(OH)–C–C–N with tert-alkyl or cyclic N) is 1. The van der Waals surface area contributed by atoms with E-state index in [0.29, 0.717) is 24.6 Å². The van der Waals surface area contributed by atoms with E-state index in [2.05, 4.69) is 10.4 Å². The fourth-order valence-electron chi connectivity index (χ4n) is 2.43. The van der Waals surface area contributed by atoms with Gasteiger partial charge in [0.25, 0.3) is 11.8 Å². The minimum atomic E-state index is -0.467. The number of nitrogens with one attached hydrogen (secondary N) is 1. The molecule has 130 valence electrons. The second kappa shape index (κ2) is 7.63. The lowest BCUT2D eigenvalue weighted by atomic mass is 10.2. The molecule has 1 aromatic heterocycles. The Labute approximate surface area is 144 Å². The van der Waals surface area contributed by atoms with Gasteiger partial charge in [-0.1, -0.05) is 12.1 Å². The van der Waals surface area contributed by atoms with Crippen LogP contribution in [0.5, 0.6) is 5.75 Å².